The Balaban J connectivity index is 1.58. The van der Waals surface area contributed by atoms with Gasteiger partial charge in [0.2, 0.25) is 5.91 Å². The van der Waals surface area contributed by atoms with Gasteiger partial charge in [-0.3, -0.25) is 14.3 Å². The summed E-state index contributed by atoms with van der Waals surface area (Å²) in [6.07, 6.45) is 5.42. The molecular weight excluding hydrogens is 476 g/mol. The van der Waals surface area contributed by atoms with Crippen molar-refractivity contribution in [2.75, 3.05) is 10.2 Å². The first-order valence-electron chi connectivity index (χ1n) is 12.3. The Morgan fingerprint density at radius 2 is 1.78 bits per heavy atom. The Labute approximate surface area is 214 Å². The molecule has 3 aromatic rings. The van der Waals surface area contributed by atoms with Crippen LogP contribution < -0.4 is 10.2 Å². The molecule has 1 aliphatic carbocycles. The molecular formula is C27H32N4O4S. The van der Waals surface area contributed by atoms with Gasteiger partial charge in [-0.2, -0.15) is 5.10 Å². The van der Waals surface area contributed by atoms with Crippen molar-refractivity contribution in [3.8, 4) is 10.4 Å². The van der Waals surface area contributed by atoms with E-state index in [-0.39, 0.29) is 28.7 Å². The molecule has 0 bridgehead atoms. The predicted octanol–water partition coefficient (Wildman–Crippen LogP) is 5.67. The molecule has 2 aromatic heterocycles. The molecule has 0 unspecified atom stereocenters. The van der Waals surface area contributed by atoms with Crippen molar-refractivity contribution in [2.45, 2.75) is 52.5 Å². The zero-order valence-corrected chi connectivity index (χ0v) is 21.8. The summed E-state index contributed by atoms with van der Waals surface area (Å²) in [4.78, 5) is 40.6. The van der Waals surface area contributed by atoms with Gasteiger partial charge in [0.05, 0.1) is 5.69 Å². The molecule has 0 atom stereocenters. The predicted molar refractivity (Wildman–Crippen MR) is 142 cm³/mol. The first kappa shape index (κ1) is 25.6. The molecule has 1 fully saturated rings. The number of aromatic nitrogens is 2. The van der Waals surface area contributed by atoms with E-state index in [2.05, 4.69) is 17.3 Å². The lowest BCUT2D eigenvalue weighted by molar-refractivity contribution is -0.123. The molecule has 190 valence electrons. The third-order valence-electron chi connectivity index (χ3n) is 6.66. The van der Waals surface area contributed by atoms with Gasteiger partial charge in [-0.15, -0.1) is 11.3 Å². The van der Waals surface area contributed by atoms with Crippen LogP contribution in [0.4, 0.5) is 11.4 Å². The maximum atomic E-state index is 13.5. The maximum absolute atomic E-state index is 13.5. The number of anilines is 2. The number of rotatable bonds is 7. The van der Waals surface area contributed by atoms with E-state index in [1.165, 1.54) is 0 Å². The van der Waals surface area contributed by atoms with Crippen LogP contribution in [-0.4, -0.2) is 38.7 Å². The van der Waals surface area contributed by atoms with Crippen LogP contribution in [-0.2, 0) is 11.8 Å². The van der Waals surface area contributed by atoms with Gasteiger partial charge in [-0.25, -0.2) is 4.79 Å². The molecule has 0 saturated heterocycles. The van der Waals surface area contributed by atoms with Crippen molar-refractivity contribution >= 4 is 40.5 Å². The normalized spacial score (nSPS) is 17.7. The number of aryl methyl sites for hydroxylation is 1. The number of hydrogen-bond donors (Lipinski definition) is 2. The average Bonchev–Trinajstić information content (AvgIpc) is 3.47. The monoisotopic (exact) mass is 508 g/mol. The van der Waals surface area contributed by atoms with Crippen LogP contribution in [0.25, 0.3) is 10.4 Å². The van der Waals surface area contributed by atoms with Crippen LogP contribution >= 0.6 is 11.3 Å². The van der Waals surface area contributed by atoms with E-state index in [0.29, 0.717) is 23.0 Å². The molecule has 0 radical (unpaired) electrons. The Bertz CT molecular complexity index is 1250. The van der Waals surface area contributed by atoms with Crippen LogP contribution in [0, 0.1) is 11.8 Å². The molecule has 2 amide bonds. The van der Waals surface area contributed by atoms with Crippen molar-refractivity contribution in [1.29, 1.82) is 0 Å². The number of carboxylic acid groups (broad SMARTS) is 1. The number of amides is 2. The molecule has 1 aromatic carbocycles. The van der Waals surface area contributed by atoms with Crippen LogP contribution in [0.1, 0.15) is 66.6 Å². The minimum atomic E-state index is -1.05. The lowest BCUT2D eigenvalue weighted by Gasteiger charge is -2.33. The van der Waals surface area contributed by atoms with Crippen molar-refractivity contribution in [2.24, 2.45) is 18.9 Å². The molecule has 0 spiro atoms. The number of aromatic carboxylic acids is 1. The van der Waals surface area contributed by atoms with E-state index in [1.54, 1.807) is 47.1 Å². The second-order valence-corrected chi connectivity index (χ2v) is 10.8. The van der Waals surface area contributed by atoms with Gasteiger partial charge in [0.25, 0.3) is 5.91 Å². The van der Waals surface area contributed by atoms with Crippen molar-refractivity contribution in [3.05, 3.63) is 53.2 Å². The van der Waals surface area contributed by atoms with Crippen molar-refractivity contribution < 1.29 is 19.5 Å². The summed E-state index contributed by atoms with van der Waals surface area (Å²) in [5.74, 6) is -0.790. The summed E-state index contributed by atoms with van der Waals surface area (Å²) in [6, 6.07) is 10.5. The van der Waals surface area contributed by atoms with Gasteiger partial charge in [0.1, 0.15) is 4.88 Å². The van der Waals surface area contributed by atoms with Gasteiger partial charge < -0.3 is 15.3 Å². The number of thiophene rings is 1. The number of carbonyl (C=O) groups excluding carboxylic acids is 2. The fourth-order valence-electron chi connectivity index (χ4n) is 4.66. The number of carbonyl (C=O) groups is 3. The minimum Gasteiger partial charge on any atom is -0.477 e. The molecule has 1 saturated carbocycles. The van der Waals surface area contributed by atoms with Gasteiger partial charge in [0, 0.05) is 35.8 Å². The van der Waals surface area contributed by atoms with E-state index in [4.69, 9.17) is 0 Å². The van der Waals surface area contributed by atoms with E-state index < -0.39 is 5.97 Å². The van der Waals surface area contributed by atoms with Gasteiger partial charge in [0.15, 0.2) is 5.69 Å². The quantitative estimate of drug-likeness (QED) is 0.428. The van der Waals surface area contributed by atoms with Gasteiger partial charge in [-0.05, 0) is 75.3 Å². The topological polar surface area (TPSA) is 105 Å². The minimum absolute atomic E-state index is 0.0105. The van der Waals surface area contributed by atoms with Crippen LogP contribution in [0.3, 0.4) is 0 Å². The molecule has 2 heterocycles. The lowest BCUT2D eigenvalue weighted by Crippen LogP contribution is -2.42. The summed E-state index contributed by atoms with van der Waals surface area (Å²) < 4.78 is 1.56. The highest BCUT2D eigenvalue weighted by Gasteiger charge is 2.33. The Morgan fingerprint density at radius 3 is 2.33 bits per heavy atom. The smallest absolute Gasteiger partial charge is 0.348 e. The summed E-state index contributed by atoms with van der Waals surface area (Å²) in [5.41, 5.74) is 2.19. The Kier molecular flexibility index (Phi) is 7.59. The standard InChI is InChI=1S/C27H32N4O4S/c1-16(2)31(26(33)19-7-5-17(3)6-8-19)22-15-23(36-24(22)27(34)35)18-9-11-20(12-10-18)28-25(32)21-13-14-30(4)29-21/h9-17,19H,5-8H2,1-4H3,(H,28,32)(H,34,35). The van der Waals surface area contributed by atoms with Crippen molar-refractivity contribution in [1.82, 2.24) is 9.78 Å². The SMILES string of the molecule is CC1CCC(C(=O)N(c2cc(-c3ccc(NC(=O)c4ccn(C)n4)cc3)sc2C(=O)O)C(C)C)CC1. The molecule has 2 N–H and O–H groups in total. The van der Waals surface area contributed by atoms with E-state index in [1.807, 2.05) is 26.0 Å². The molecule has 4 rings (SSSR count). The fourth-order valence-corrected chi connectivity index (χ4v) is 5.65. The van der Waals surface area contributed by atoms with Gasteiger partial charge in [-0.1, -0.05) is 19.1 Å². The summed E-state index contributed by atoms with van der Waals surface area (Å²) in [5, 5.41) is 16.9. The van der Waals surface area contributed by atoms with E-state index in [0.717, 1.165) is 47.5 Å². The number of hydrogen-bond acceptors (Lipinski definition) is 5. The van der Waals surface area contributed by atoms with Crippen LogP contribution in [0.15, 0.2) is 42.6 Å². The number of carboxylic acids is 1. The lowest BCUT2D eigenvalue weighted by atomic mass is 9.82. The number of benzene rings is 1. The van der Waals surface area contributed by atoms with Crippen LogP contribution in [0.2, 0.25) is 0 Å². The second-order valence-electron chi connectivity index (χ2n) is 9.80. The van der Waals surface area contributed by atoms with Gasteiger partial charge >= 0.3 is 5.97 Å². The van der Waals surface area contributed by atoms with Crippen molar-refractivity contribution in [3.63, 3.8) is 0 Å². The van der Waals surface area contributed by atoms with E-state index in [9.17, 15) is 19.5 Å². The molecule has 9 heteroatoms. The average molecular weight is 509 g/mol. The van der Waals surface area contributed by atoms with E-state index >= 15 is 0 Å². The molecule has 0 aliphatic heterocycles. The third kappa shape index (κ3) is 5.51. The highest BCUT2D eigenvalue weighted by molar-refractivity contribution is 7.18. The zero-order valence-electron chi connectivity index (χ0n) is 21.0. The fraction of sp³-hybridized carbons (Fsp3) is 0.407. The Morgan fingerprint density at radius 1 is 1.11 bits per heavy atom. The largest absolute Gasteiger partial charge is 0.477 e. The van der Waals surface area contributed by atoms with Crippen LogP contribution in [0.5, 0.6) is 0 Å². The maximum Gasteiger partial charge on any atom is 0.348 e. The second kappa shape index (κ2) is 10.7. The summed E-state index contributed by atoms with van der Waals surface area (Å²) in [6.45, 7) is 6.06. The number of nitrogens with one attached hydrogen (secondary N) is 1. The highest BCUT2D eigenvalue weighted by Crippen LogP contribution is 2.40. The Hall–Kier alpha value is -3.46. The first-order valence-corrected chi connectivity index (χ1v) is 13.1. The molecule has 36 heavy (non-hydrogen) atoms. The third-order valence-corrected chi connectivity index (χ3v) is 7.82. The molecule has 1 aliphatic rings. The first-order chi connectivity index (χ1) is 17.1. The summed E-state index contributed by atoms with van der Waals surface area (Å²) in [7, 11) is 1.75. The highest BCUT2D eigenvalue weighted by atomic mass is 32.1. The number of nitrogens with zero attached hydrogens (tertiary/aromatic N) is 3. The zero-order chi connectivity index (χ0) is 26.0. The molecule has 8 nitrogen and oxygen atoms in total. The summed E-state index contributed by atoms with van der Waals surface area (Å²) >= 11 is 1.16.